The van der Waals surface area contributed by atoms with Gasteiger partial charge >= 0.3 is 0 Å². The first-order valence-corrected chi connectivity index (χ1v) is 7.70. The molecule has 1 rings (SSSR count). The molecule has 0 aliphatic carbocycles. The summed E-state index contributed by atoms with van der Waals surface area (Å²) in [5.74, 6) is 1.52. The van der Waals surface area contributed by atoms with Crippen LogP contribution < -0.4 is 10.6 Å². The minimum atomic E-state index is 0.417. The second-order valence-electron chi connectivity index (χ2n) is 5.68. The third-order valence-electron chi connectivity index (χ3n) is 3.05. The molecule has 0 aliphatic rings. The molecule has 0 bridgehead atoms. The van der Waals surface area contributed by atoms with Gasteiger partial charge < -0.3 is 10.6 Å². The van der Waals surface area contributed by atoms with Crippen LogP contribution in [0.5, 0.6) is 0 Å². The lowest BCUT2D eigenvalue weighted by atomic mass is 10.1. The molecular weight excluding hydrogens is 246 g/mol. The second kappa shape index (κ2) is 9.40. The molecule has 112 valence electrons. The number of guanidine groups is 1. The smallest absolute Gasteiger partial charge is 0.191 e. The van der Waals surface area contributed by atoms with Gasteiger partial charge in [-0.05, 0) is 38.2 Å². The Morgan fingerprint density at radius 2 is 1.85 bits per heavy atom. The van der Waals surface area contributed by atoms with Gasteiger partial charge in [-0.15, -0.1) is 0 Å². The van der Waals surface area contributed by atoms with Crippen molar-refractivity contribution in [1.29, 1.82) is 0 Å². The Morgan fingerprint density at radius 3 is 2.45 bits per heavy atom. The minimum Gasteiger partial charge on any atom is -0.357 e. The molecule has 0 spiro atoms. The maximum absolute atomic E-state index is 4.60. The maximum atomic E-state index is 4.60. The van der Waals surface area contributed by atoms with Crippen molar-refractivity contribution in [3.8, 4) is 0 Å². The van der Waals surface area contributed by atoms with E-state index >= 15 is 0 Å². The molecule has 3 nitrogen and oxygen atoms in total. The standard InChI is InChI=1S/C17H29N3/c1-5-18-17(19-13-14(2)3)20-15(4)11-12-16-9-7-6-8-10-16/h6-10,14-15H,5,11-13H2,1-4H3,(H2,18,19,20). The molecule has 2 N–H and O–H groups in total. The Kier molecular flexibility index (Phi) is 7.78. The summed E-state index contributed by atoms with van der Waals surface area (Å²) in [5.41, 5.74) is 1.39. The van der Waals surface area contributed by atoms with E-state index in [2.05, 4.69) is 73.7 Å². The van der Waals surface area contributed by atoms with Crippen molar-refractivity contribution in [2.45, 2.75) is 46.6 Å². The first kappa shape index (κ1) is 16.5. The van der Waals surface area contributed by atoms with Crippen LogP contribution >= 0.6 is 0 Å². The molecular formula is C17H29N3. The summed E-state index contributed by atoms with van der Waals surface area (Å²) in [4.78, 5) is 4.60. The Balaban J connectivity index is 2.41. The van der Waals surface area contributed by atoms with E-state index < -0.39 is 0 Å². The van der Waals surface area contributed by atoms with E-state index in [0.29, 0.717) is 12.0 Å². The van der Waals surface area contributed by atoms with Crippen LogP contribution in [0, 0.1) is 5.92 Å². The molecule has 0 radical (unpaired) electrons. The van der Waals surface area contributed by atoms with Gasteiger partial charge in [0.15, 0.2) is 5.96 Å². The molecule has 0 saturated carbocycles. The normalized spacial score (nSPS) is 13.3. The van der Waals surface area contributed by atoms with E-state index in [1.54, 1.807) is 0 Å². The van der Waals surface area contributed by atoms with Gasteiger partial charge in [0.25, 0.3) is 0 Å². The van der Waals surface area contributed by atoms with Crippen molar-refractivity contribution in [1.82, 2.24) is 10.6 Å². The highest BCUT2D eigenvalue weighted by Crippen LogP contribution is 2.04. The SMILES string of the molecule is CCNC(=NCC(C)C)NC(C)CCc1ccccc1. The van der Waals surface area contributed by atoms with Gasteiger partial charge in [-0.1, -0.05) is 44.2 Å². The van der Waals surface area contributed by atoms with Crippen LogP contribution in [-0.2, 0) is 6.42 Å². The van der Waals surface area contributed by atoms with Crippen LogP contribution in [0.2, 0.25) is 0 Å². The molecule has 0 saturated heterocycles. The highest BCUT2D eigenvalue weighted by atomic mass is 15.2. The van der Waals surface area contributed by atoms with Crippen molar-refractivity contribution in [2.75, 3.05) is 13.1 Å². The van der Waals surface area contributed by atoms with Crippen molar-refractivity contribution in [3.05, 3.63) is 35.9 Å². The van der Waals surface area contributed by atoms with Crippen molar-refractivity contribution in [2.24, 2.45) is 10.9 Å². The fourth-order valence-corrected chi connectivity index (χ4v) is 1.93. The largest absolute Gasteiger partial charge is 0.357 e. The Hall–Kier alpha value is -1.51. The van der Waals surface area contributed by atoms with Gasteiger partial charge in [-0.2, -0.15) is 0 Å². The van der Waals surface area contributed by atoms with E-state index in [-0.39, 0.29) is 0 Å². The Morgan fingerprint density at radius 1 is 1.15 bits per heavy atom. The van der Waals surface area contributed by atoms with Crippen LogP contribution in [0.1, 0.15) is 39.7 Å². The van der Waals surface area contributed by atoms with E-state index in [0.717, 1.165) is 31.9 Å². The number of benzene rings is 1. The van der Waals surface area contributed by atoms with Crippen LogP contribution in [0.3, 0.4) is 0 Å². The average molecular weight is 275 g/mol. The monoisotopic (exact) mass is 275 g/mol. The van der Waals surface area contributed by atoms with Crippen LogP contribution in [0.15, 0.2) is 35.3 Å². The molecule has 0 amide bonds. The molecule has 0 aromatic heterocycles. The molecule has 1 aromatic rings. The zero-order valence-electron chi connectivity index (χ0n) is 13.3. The lowest BCUT2D eigenvalue weighted by Gasteiger charge is -2.18. The third kappa shape index (κ3) is 7.17. The lowest BCUT2D eigenvalue weighted by molar-refractivity contribution is 0.587. The quantitative estimate of drug-likeness (QED) is 0.592. The summed E-state index contributed by atoms with van der Waals surface area (Å²) in [6.45, 7) is 10.4. The topological polar surface area (TPSA) is 36.4 Å². The molecule has 1 unspecified atom stereocenters. The fraction of sp³-hybridized carbons (Fsp3) is 0.588. The molecule has 1 aromatic carbocycles. The number of aliphatic imine (C=N–C) groups is 1. The first-order valence-electron chi connectivity index (χ1n) is 7.70. The first-order chi connectivity index (χ1) is 9.61. The molecule has 0 aliphatic heterocycles. The Bertz CT molecular complexity index is 384. The van der Waals surface area contributed by atoms with Gasteiger partial charge in [-0.25, -0.2) is 0 Å². The predicted molar refractivity (Wildman–Crippen MR) is 88.2 cm³/mol. The van der Waals surface area contributed by atoms with Crippen molar-refractivity contribution in [3.63, 3.8) is 0 Å². The summed E-state index contributed by atoms with van der Waals surface area (Å²) in [6.07, 6.45) is 2.20. The predicted octanol–water partition coefficient (Wildman–Crippen LogP) is 3.22. The van der Waals surface area contributed by atoms with Crippen LogP contribution in [0.25, 0.3) is 0 Å². The fourth-order valence-electron chi connectivity index (χ4n) is 1.93. The van der Waals surface area contributed by atoms with E-state index in [4.69, 9.17) is 0 Å². The number of aryl methyl sites for hydroxylation is 1. The summed E-state index contributed by atoms with van der Waals surface area (Å²) >= 11 is 0. The lowest BCUT2D eigenvalue weighted by Crippen LogP contribution is -2.42. The highest BCUT2D eigenvalue weighted by molar-refractivity contribution is 5.80. The van der Waals surface area contributed by atoms with Crippen molar-refractivity contribution >= 4 is 5.96 Å². The van der Waals surface area contributed by atoms with Crippen LogP contribution in [0.4, 0.5) is 0 Å². The average Bonchev–Trinajstić information content (AvgIpc) is 2.44. The van der Waals surface area contributed by atoms with Crippen LogP contribution in [-0.4, -0.2) is 25.1 Å². The van der Waals surface area contributed by atoms with Gasteiger partial charge in [0, 0.05) is 19.1 Å². The van der Waals surface area contributed by atoms with Gasteiger partial charge in [0.05, 0.1) is 0 Å². The van der Waals surface area contributed by atoms with E-state index in [1.165, 1.54) is 5.56 Å². The zero-order chi connectivity index (χ0) is 14.8. The summed E-state index contributed by atoms with van der Waals surface area (Å²) in [5, 5.41) is 6.79. The Labute approximate surface area is 123 Å². The summed E-state index contributed by atoms with van der Waals surface area (Å²) < 4.78 is 0. The highest BCUT2D eigenvalue weighted by Gasteiger charge is 2.05. The number of nitrogens with zero attached hydrogens (tertiary/aromatic N) is 1. The molecule has 3 heteroatoms. The zero-order valence-corrected chi connectivity index (χ0v) is 13.3. The van der Waals surface area contributed by atoms with Gasteiger partial charge in [0.2, 0.25) is 0 Å². The van der Waals surface area contributed by atoms with E-state index in [1.807, 2.05) is 0 Å². The summed E-state index contributed by atoms with van der Waals surface area (Å²) in [6, 6.07) is 11.0. The number of hydrogen-bond donors (Lipinski definition) is 2. The minimum absolute atomic E-state index is 0.417. The number of nitrogens with one attached hydrogen (secondary N) is 2. The molecule has 0 heterocycles. The van der Waals surface area contributed by atoms with Gasteiger partial charge in [0.1, 0.15) is 0 Å². The van der Waals surface area contributed by atoms with Crippen molar-refractivity contribution < 1.29 is 0 Å². The van der Waals surface area contributed by atoms with Gasteiger partial charge in [-0.3, -0.25) is 4.99 Å². The second-order valence-corrected chi connectivity index (χ2v) is 5.68. The van der Waals surface area contributed by atoms with E-state index in [9.17, 15) is 0 Å². The molecule has 0 fully saturated rings. The maximum Gasteiger partial charge on any atom is 0.191 e. The summed E-state index contributed by atoms with van der Waals surface area (Å²) in [7, 11) is 0. The third-order valence-corrected chi connectivity index (χ3v) is 3.05. The molecule has 1 atom stereocenters. The molecule has 20 heavy (non-hydrogen) atoms. The number of hydrogen-bond acceptors (Lipinski definition) is 1. The number of rotatable bonds is 7.